The Bertz CT molecular complexity index is 2780. The van der Waals surface area contributed by atoms with Gasteiger partial charge in [0.25, 0.3) is 0 Å². The summed E-state index contributed by atoms with van der Waals surface area (Å²) in [6, 6.07) is 63.0. The molecule has 61 heavy (non-hydrogen) atoms. The first-order valence-corrected chi connectivity index (χ1v) is 21.2. The standard InChI is InChI=1S/C58H51N3/c1-4-5-6-7-20-38-61-56-36-33-47(45-31-34-54(59-49-27-16-10-17-28-49)51(39-45)43-22-12-8-13-23-43)41-53(56)57(2,3)58(61)37-21-26-48(42-58)46-32-35-55(60-50-29-18-11-19-30-50)52(40-46)44-24-14-9-15-25-44/h4-36,39-42,59-60H,1,37-38H2,2-3H3/b6-5-,20-7-. The molecule has 7 aromatic carbocycles. The van der Waals surface area contributed by atoms with E-state index in [0.29, 0.717) is 0 Å². The molecule has 0 bridgehead atoms. The van der Waals surface area contributed by atoms with Crippen LogP contribution in [-0.2, 0) is 5.41 Å². The lowest BCUT2D eigenvalue weighted by Gasteiger charge is -2.47. The molecule has 7 aromatic rings. The summed E-state index contributed by atoms with van der Waals surface area (Å²) in [5.74, 6) is 0. The van der Waals surface area contributed by atoms with E-state index in [1.807, 2.05) is 18.2 Å². The maximum atomic E-state index is 3.87. The van der Waals surface area contributed by atoms with Crippen molar-refractivity contribution in [3.63, 3.8) is 0 Å². The van der Waals surface area contributed by atoms with Crippen molar-refractivity contribution < 1.29 is 0 Å². The molecular weight excluding hydrogens is 739 g/mol. The minimum Gasteiger partial charge on any atom is -0.357 e. The zero-order valence-corrected chi connectivity index (χ0v) is 34.9. The second kappa shape index (κ2) is 17.1. The van der Waals surface area contributed by atoms with E-state index in [1.54, 1.807) is 0 Å². The number of nitrogens with one attached hydrogen (secondary N) is 2. The fraction of sp³-hybridized carbons (Fsp3) is 0.103. The van der Waals surface area contributed by atoms with Gasteiger partial charge in [-0.05, 0) is 106 Å². The van der Waals surface area contributed by atoms with E-state index in [0.717, 1.165) is 35.7 Å². The predicted octanol–water partition coefficient (Wildman–Crippen LogP) is 15.4. The SMILES string of the molecule is C=C/C=C\C=C/CN1c2ccc(-c3ccc(Nc4ccccc4)c(-c4ccccc4)c3)cc2C(C)(C)C12C=C(c1ccc(Nc3ccccc3)c(-c3ccccc3)c1)C=CC2. The van der Waals surface area contributed by atoms with E-state index in [9.17, 15) is 0 Å². The van der Waals surface area contributed by atoms with E-state index in [-0.39, 0.29) is 11.0 Å². The molecule has 1 aliphatic heterocycles. The molecule has 1 unspecified atom stereocenters. The molecule has 1 spiro atoms. The van der Waals surface area contributed by atoms with Crippen LogP contribution in [0.15, 0.2) is 231 Å². The highest BCUT2D eigenvalue weighted by atomic mass is 15.2. The first kappa shape index (κ1) is 39.1. The average molecular weight is 790 g/mol. The van der Waals surface area contributed by atoms with Crippen LogP contribution >= 0.6 is 0 Å². The smallest absolute Gasteiger partial charge is 0.0723 e. The molecule has 298 valence electrons. The molecule has 1 aliphatic carbocycles. The van der Waals surface area contributed by atoms with Crippen LogP contribution in [0.3, 0.4) is 0 Å². The summed E-state index contributed by atoms with van der Waals surface area (Å²) in [4.78, 5) is 2.64. The van der Waals surface area contributed by atoms with Gasteiger partial charge in [0.1, 0.15) is 0 Å². The lowest BCUT2D eigenvalue weighted by molar-refractivity contribution is 0.329. The Hall–Kier alpha value is -7.36. The Labute approximate surface area is 361 Å². The van der Waals surface area contributed by atoms with Crippen LogP contribution in [0.5, 0.6) is 0 Å². The van der Waals surface area contributed by atoms with Crippen LogP contribution in [-0.4, -0.2) is 12.1 Å². The molecule has 1 heterocycles. The molecule has 0 amide bonds. The zero-order valence-electron chi connectivity index (χ0n) is 34.9. The van der Waals surface area contributed by atoms with Gasteiger partial charge in [0.2, 0.25) is 0 Å². The van der Waals surface area contributed by atoms with Gasteiger partial charge in [0, 0.05) is 51.5 Å². The van der Waals surface area contributed by atoms with Crippen LogP contribution in [0.25, 0.3) is 39.0 Å². The molecule has 2 aliphatic rings. The second-order valence-corrected chi connectivity index (χ2v) is 16.4. The fourth-order valence-corrected chi connectivity index (χ4v) is 9.15. The van der Waals surface area contributed by atoms with Gasteiger partial charge in [-0.3, -0.25) is 0 Å². The highest BCUT2D eigenvalue weighted by Gasteiger charge is 2.55. The van der Waals surface area contributed by atoms with E-state index in [2.05, 4.69) is 242 Å². The van der Waals surface area contributed by atoms with Crippen molar-refractivity contribution in [2.75, 3.05) is 22.1 Å². The molecule has 0 saturated carbocycles. The Kier molecular flexibility index (Phi) is 11.0. The number of benzene rings is 7. The predicted molar refractivity (Wildman–Crippen MR) is 262 cm³/mol. The Morgan fingerprint density at radius 3 is 1.67 bits per heavy atom. The average Bonchev–Trinajstić information content (AvgIpc) is 3.48. The molecule has 2 N–H and O–H groups in total. The maximum absolute atomic E-state index is 3.87. The van der Waals surface area contributed by atoms with Crippen molar-refractivity contribution in [1.29, 1.82) is 0 Å². The van der Waals surface area contributed by atoms with Crippen molar-refractivity contribution in [2.45, 2.75) is 31.2 Å². The summed E-state index contributed by atoms with van der Waals surface area (Å²) in [5.41, 5.74) is 15.9. The third kappa shape index (κ3) is 7.79. The monoisotopic (exact) mass is 789 g/mol. The molecule has 3 nitrogen and oxygen atoms in total. The third-order valence-electron chi connectivity index (χ3n) is 12.4. The van der Waals surface area contributed by atoms with E-state index < -0.39 is 0 Å². The summed E-state index contributed by atoms with van der Waals surface area (Å²) >= 11 is 0. The Morgan fingerprint density at radius 1 is 0.557 bits per heavy atom. The number of para-hydroxylation sites is 2. The number of anilines is 5. The van der Waals surface area contributed by atoms with Crippen molar-refractivity contribution in [2.24, 2.45) is 0 Å². The van der Waals surface area contributed by atoms with E-state index in [1.165, 1.54) is 55.8 Å². The van der Waals surface area contributed by atoms with Gasteiger partial charge in [-0.25, -0.2) is 0 Å². The topological polar surface area (TPSA) is 27.3 Å². The lowest BCUT2D eigenvalue weighted by Crippen LogP contribution is -2.55. The van der Waals surface area contributed by atoms with Crippen LogP contribution in [0.2, 0.25) is 0 Å². The highest BCUT2D eigenvalue weighted by molar-refractivity contribution is 5.89. The number of nitrogens with zero attached hydrogens (tertiary/aromatic N) is 1. The van der Waals surface area contributed by atoms with Crippen LogP contribution < -0.4 is 15.5 Å². The number of fused-ring (bicyclic) bond motifs is 1. The Balaban J connectivity index is 1.13. The summed E-state index contributed by atoms with van der Waals surface area (Å²) in [7, 11) is 0. The van der Waals surface area contributed by atoms with Gasteiger partial charge in [0.15, 0.2) is 0 Å². The Morgan fingerprint density at radius 2 is 1.08 bits per heavy atom. The third-order valence-corrected chi connectivity index (χ3v) is 12.4. The van der Waals surface area contributed by atoms with Crippen molar-refractivity contribution in [3.05, 3.63) is 242 Å². The van der Waals surface area contributed by atoms with Gasteiger partial charge < -0.3 is 15.5 Å². The highest BCUT2D eigenvalue weighted by Crippen LogP contribution is 2.57. The number of rotatable bonds is 12. The van der Waals surface area contributed by atoms with Gasteiger partial charge in [-0.15, -0.1) is 0 Å². The molecule has 3 heteroatoms. The van der Waals surface area contributed by atoms with Crippen molar-refractivity contribution >= 4 is 34.0 Å². The number of allylic oxidation sites excluding steroid dienone is 6. The first-order valence-electron chi connectivity index (χ1n) is 21.2. The van der Waals surface area contributed by atoms with E-state index in [4.69, 9.17) is 0 Å². The molecule has 0 radical (unpaired) electrons. The molecular formula is C58H51N3. The largest absolute Gasteiger partial charge is 0.357 e. The summed E-state index contributed by atoms with van der Waals surface area (Å²) < 4.78 is 0. The maximum Gasteiger partial charge on any atom is 0.0723 e. The quantitative estimate of drug-likeness (QED) is 0.121. The fourth-order valence-electron chi connectivity index (χ4n) is 9.15. The van der Waals surface area contributed by atoms with Gasteiger partial charge in [-0.2, -0.15) is 0 Å². The zero-order chi connectivity index (χ0) is 41.7. The lowest BCUT2D eigenvalue weighted by atomic mass is 9.66. The van der Waals surface area contributed by atoms with Crippen molar-refractivity contribution in [3.8, 4) is 33.4 Å². The molecule has 1 atom stereocenters. The summed E-state index contributed by atoms with van der Waals surface area (Å²) in [5, 5.41) is 7.38. The molecule has 0 aromatic heterocycles. The number of hydrogen-bond donors (Lipinski definition) is 2. The van der Waals surface area contributed by atoms with E-state index >= 15 is 0 Å². The van der Waals surface area contributed by atoms with Crippen LogP contribution in [0, 0.1) is 0 Å². The van der Waals surface area contributed by atoms with Gasteiger partial charge in [-0.1, -0.05) is 184 Å². The van der Waals surface area contributed by atoms with Gasteiger partial charge in [0.05, 0.1) is 5.54 Å². The van der Waals surface area contributed by atoms with Gasteiger partial charge >= 0.3 is 0 Å². The minimum absolute atomic E-state index is 0.243. The normalized spacial score (nSPS) is 16.5. The minimum atomic E-state index is -0.322. The summed E-state index contributed by atoms with van der Waals surface area (Å²) in [6.45, 7) is 9.51. The van der Waals surface area contributed by atoms with Crippen molar-refractivity contribution in [1.82, 2.24) is 0 Å². The molecule has 0 saturated heterocycles. The number of hydrogen-bond acceptors (Lipinski definition) is 3. The second-order valence-electron chi connectivity index (χ2n) is 16.4. The van der Waals surface area contributed by atoms with Crippen LogP contribution in [0.1, 0.15) is 31.4 Å². The molecule has 0 fully saturated rings. The molecule has 9 rings (SSSR count). The summed E-state index contributed by atoms with van der Waals surface area (Å²) in [6.07, 6.45) is 18.4. The first-order chi connectivity index (χ1) is 29.9. The van der Waals surface area contributed by atoms with Crippen LogP contribution in [0.4, 0.5) is 28.4 Å².